The van der Waals surface area contributed by atoms with Gasteiger partial charge in [0.05, 0.1) is 0 Å². The topological polar surface area (TPSA) is 68.8 Å². The molecule has 1 rings (SSSR count). The molecule has 0 radical (unpaired) electrons. The zero-order valence-electron chi connectivity index (χ0n) is 18.2. The van der Waals surface area contributed by atoms with Crippen LogP contribution >= 0.6 is 24.0 Å². The number of benzene rings is 1. The highest BCUT2D eigenvalue weighted by molar-refractivity contribution is 14.0. The van der Waals surface area contributed by atoms with Gasteiger partial charge in [-0.15, -0.1) is 24.0 Å². The van der Waals surface area contributed by atoms with Crippen LogP contribution in [-0.4, -0.2) is 56.5 Å². The minimum absolute atomic E-state index is 0. The lowest BCUT2D eigenvalue weighted by atomic mass is 9.96. The minimum atomic E-state index is -0.359. The quantitative estimate of drug-likeness (QED) is 0.210. The summed E-state index contributed by atoms with van der Waals surface area (Å²) in [6, 6.07) is 11.0. The summed E-state index contributed by atoms with van der Waals surface area (Å²) in [5, 5.41) is 9.49. The first-order chi connectivity index (χ1) is 12.7. The van der Waals surface area contributed by atoms with E-state index >= 15 is 0 Å². The van der Waals surface area contributed by atoms with Crippen LogP contribution in [0.25, 0.3) is 0 Å². The van der Waals surface area contributed by atoms with Gasteiger partial charge in [0.1, 0.15) is 0 Å². The van der Waals surface area contributed by atoms with Crippen LogP contribution in [0.5, 0.6) is 0 Å². The van der Waals surface area contributed by atoms with Gasteiger partial charge in [-0.2, -0.15) is 0 Å². The van der Waals surface area contributed by atoms with E-state index < -0.39 is 0 Å². The molecule has 0 bridgehead atoms. The van der Waals surface area contributed by atoms with E-state index in [0.717, 1.165) is 25.5 Å². The van der Waals surface area contributed by atoms with Crippen LogP contribution in [0.15, 0.2) is 35.3 Å². The summed E-state index contributed by atoms with van der Waals surface area (Å²) in [6.45, 7) is 11.0. The number of carbonyl (C=O) groups is 1. The van der Waals surface area contributed by atoms with E-state index in [4.69, 9.17) is 0 Å². The maximum absolute atomic E-state index is 11.8. The average molecular weight is 503 g/mol. The van der Waals surface area contributed by atoms with E-state index in [0.29, 0.717) is 19.1 Å². The van der Waals surface area contributed by atoms with Crippen molar-refractivity contribution in [1.82, 2.24) is 20.9 Å². The Bertz CT molecular complexity index is 586. The first-order valence-corrected chi connectivity index (χ1v) is 9.71. The first-order valence-electron chi connectivity index (χ1n) is 9.71. The van der Waals surface area contributed by atoms with Crippen molar-refractivity contribution >= 4 is 35.8 Å². The van der Waals surface area contributed by atoms with E-state index in [1.54, 1.807) is 7.05 Å². The van der Waals surface area contributed by atoms with Crippen molar-refractivity contribution in [2.45, 2.75) is 46.7 Å². The lowest BCUT2D eigenvalue weighted by Gasteiger charge is -2.25. The first kappa shape index (κ1) is 26.6. The Balaban J connectivity index is 0.00000729. The number of amides is 1. The fourth-order valence-electron chi connectivity index (χ4n) is 2.49. The molecule has 1 aromatic carbocycles. The summed E-state index contributed by atoms with van der Waals surface area (Å²) in [7, 11) is 3.91. The molecule has 0 fully saturated rings. The number of guanidine groups is 1. The van der Waals surface area contributed by atoms with Crippen molar-refractivity contribution in [3.8, 4) is 0 Å². The average Bonchev–Trinajstić information content (AvgIpc) is 2.63. The number of carbonyl (C=O) groups excluding carboxylic acids is 1. The maximum Gasteiger partial charge on any atom is 0.225 e. The molecule has 0 heterocycles. The van der Waals surface area contributed by atoms with Crippen LogP contribution < -0.4 is 16.0 Å². The molecule has 0 aliphatic rings. The molecule has 0 spiro atoms. The van der Waals surface area contributed by atoms with Crippen molar-refractivity contribution in [2.75, 3.05) is 33.7 Å². The van der Waals surface area contributed by atoms with Gasteiger partial charge in [-0.25, -0.2) is 0 Å². The molecule has 0 aromatic heterocycles. The Hall–Kier alpha value is -1.35. The number of hydrogen-bond donors (Lipinski definition) is 3. The zero-order valence-corrected chi connectivity index (χ0v) is 20.5. The van der Waals surface area contributed by atoms with E-state index in [9.17, 15) is 4.79 Å². The van der Waals surface area contributed by atoms with Crippen molar-refractivity contribution in [3.05, 3.63) is 35.9 Å². The number of nitrogens with zero attached hydrogens (tertiary/aromatic N) is 2. The second-order valence-corrected chi connectivity index (χ2v) is 7.97. The molecule has 0 aliphatic carbocycles. The van der Waals surface area contributed by atoms with Crippen LogP contribution in [0.1, 0.15) is 39.7 Å². The van der Waals surface area contributed by atoms with E-state index in [1.807, 2.05) is 26.8 Å². The Morgan fingerprint density at radius 2 is 1.64 bits per heavy atom. The fraction of sp³-hybridized carbons (Fsp3) is 0.619. The Labute approximate surface area is 188 Å². The van der Waals surface area contributed by atoms with Crippen molar-refractivity contribution in [3.63, 3.8) is 0 Å². The van der Waals surface area contributed by atoms with E-state index in [-0.39, 0.29) is 35.3 Å². The smallest absolute Gasteiger partial charge is 0.225 e. The molecule has 28 heavy (non-hydrogen) atoms. The van der Waals surface area contributed by atoms with Gasteiger partial charge in [-0.05, 0) is 26.0 Å². The molecule has 6 nitrogen and oxygen atoms in total. The fourth-order valence-corrected chi connectivity index (χ4v) is 2.49. The van der Waals surface area contributed by atoms with Gasteiger partial charge < -0.3 is 16.0 Å². The summed E-state index contributed by atoms with van der Waals surface area (Å²) >= 11 is 0. The Morgan fingerprint density at radius 3 is 2.21 bits per heavy atom. The van der Waals surface area contributed by atoms with Crippen molar-refractivity contribution in [1.29, 1.82) is 0 Å². The molecular formula is C21H38IN5O. The minimum Gasteiger partial charge on any atom is -0.356 e. The second-order valence-electron chi connectivity index (χ2n) is 7.97. The maximum atomic E-state index is 11.8. The summed E-state index contributed by atoms with van der Waals surface area (Å²) < 4.78 is 0. The molecule has 1 amide bonds. The van der Waals surface area contributed by atoms with Crippen molar-refractivity contribution in [2.24, 2.45) is 10.4 Å². The van der Waals surface area contributed by atoms with Crippen LogP contribution in [0.4, 0.5) is 0 Å². The van der Waals surface area contributed by atoms with E-state index in [2.05, 4.69) is 64.1 Å². The van der Waals surface area contributed by atoms with Crippen LogP contribution in [0.3, 0.4) is 0 Å². The predicted molar refractivity (Wildman–Crippen MR) is 129 cm³/mol. The number of rotatable bonds is 9. The molecule has 3 N–H and O–H groups in total. The summed E-state index contributed by atoms with van der Waals surface area (Å²) in [4.78, 5) is 18.4. The highest BCUT2D eigenvalue weighted by Gasteiger charge is 2.20. The molecule has 1 aromatic rings. The zero-order chi connectivity index (χ0) is 20.3. The summed E-state index contributed by atoms with van der Waals surface area (Å²) in [6.07, 6.45) is 1.02. The third kappa shape index (κ3) is 10.8. The molecular weight excluding hydrogens is 465 g/mol. The number of halogens is 1. The van der Waals surface area contributed by atoms with Gasteiger partial charge in [0, 0.05) is 44.7 Å². The molecule has 0 aliphatic heterocycles. The molecule has 1 atom stereocenters. The number of nitrogens with one attached hydrogen (secondary N) is 3. The Morgan fingerprint density at radius 1 is 1.07 bits per heavy atom. The molecule has 0 saturated carbocycles. The third-order valence-corrected chi connectivity index (χ3v) is 4.49. The van der Waals surface area contributed by atoms with Gasteiger partial charge in [0.15, 0.2) is 5.96 Å². The van der Waals surface area contributed by atoms with Crippen LogP contribution in [-0.2, 0) is 11.3 Å². The second kappa shape index (κ2) is 13.8. The lowest BCUT2D eigenvalue weighted by molar-refractivity contribution is -0.128. The highest BCUT2D eigenvalue weighted by atomic mass is 127. The third-order valence-electron chi connectivity index (χ3n) is 4.49. The normalized spacial score (nSPS) is 12.9. The standard InChI is InChI=1S/C21H37N5O.HI/c1-17(26(6)16-18-10-8-7-9-11-18)12-13-24-20(22-5)25-15-14-23-19(27)21(2,3)4;/h7-11,17H,12-16H2,1-6H3,(H,23,27)(H2,22,24,25);1H. The van der Waals surface area contributed by atoms with Gasteiger partial charge in [0.25, 0.3) is 0 Å². The predicted octanol–water partition coefficient (Wildman–Crippen LogP) is 2.84. The Kier molecular flexibility index (Phi) is 13.1. The van der Waals surface area contributed by atoms with Crippen LogP contribution in [0, 0.1) is 5.41 Å². The van der Waals surface area contributed by atoms with Gasteiger partial charge in [-0.3, -0.25) is 14.7 Å². The molecule has 160 valence electrons. The lowest BCUT2D eigenvalue weighted by Crippen LogP contribution is -2.44. The SMILES string of the molecule is CN=C(NCCNC(=O)C(C)(C)C)NCCC(C)N(C)Cc1ccccc1.I. The largest absolute Gasteiger partial charge is 0.356 e. The summed E-state index contributed by atoms with van der Waals surface area (Å²) in [5.74, 6) is 0.820. The summed E-state index contributed by atoms with van der Waals surface area (Å²) in [5.41, 5.74) is 0.969. The molecule has 7 heteroatoms. The van der Waals surface area contributed by atoms with E-state index in [1.165, 1.54) is 5.56 Å². The van der Waals surface area contributed by atoms with Gasteiger partial charge in [0.2, 0.25) is 5.91 Å². The number of aliphatic imine (C=N–C) groups is 1. The number of hydrogen-bond acceptors (Lipinski definition) is 3. The van der Waals surface area contributed by atoms with Gasteiger partial charge >= 0.3 is 0 Å². The van der Waals surface area contributed by atoms with Gasteiger partial charge in [-0.1, -0.05) is 51.1 Å². The van der Waals surface area contributed by atoms with Crippen LogP contribution in [0.2, 0.25) is 0 Å². The molecule has 1 unspecified atom stereocenters. The highest BCUT2D eigenvalue weighted by Crippen LogP contribution is 2.11. The molecule has 0 saturated heterocycles. The monoisotopic (exact) mass is 503 g/mol. The van der Waals surface area contributed by atoms with Crippen molar-refractivity contribution < 1.29 is 4.79 Å².